The average molecular weight is 369 g/mol. The largest absolute Gasteiger partial charge is 0.350 e. The fourth-order valence-corrected chi connectivity index (χ4v) is 2.81. The maximum atomic E-state index is 12.2. The van der Waals surface area contributed by atoms with Crippen LogP contribution in [0.2, 0.25) is 0 Å². The number of nitrogens with one attached hydrogen (secondary N) is 1. The van der Waals surface area contributed by atoms with Crippen LogP contribution in [0.5, 0.6) is 0 Å². The molecule has 3 aromatic rings. The number of fused-ring (bicyclic) bond motifs is 1. The molecule has 0 radical (unpaired) electrons. The highest BCUT2D eigenvalue weighted by Crippen LogP contribution is 2.23. The Morgan fingerprint density at radius 3 is 2.81 bits per heavy atom. The molecular weight excluding hydrogens is 350 g/mol. The van der Waals surface area contributed by atoms with E-state index < -0.39 is 11.0 Å². The molecule has 0 aliphatic rings. The first-order valence-corrected chi connectivity index (χ1v) is 8.45. The van der Waals surface area contributed by atoms with Crippen LogP contribution in [-0.4, -0.2) is 25.0 Å². The van der Waals surface area contributed by atoms with E-state index >= 15 is 0 Å². The van der Waals surface area contributed by atoms with E-state index in [-0.39, 0.29) is 30.2 Å². The molecule has 0 spiro atoms. The molecule has 1 N–H and O–H groups in total. The van der Waals surface area contributed by atoms with Gasteiger partial charge in [0.05, 0.1) is 17.5 Å². The minimum absolute atomic E-state index is 0.0184. The number of aryl methyl sites for hydroxylation is 2. The highest BCUT2D eigenvalue weighted by Gasteiger charge is 2.16. The summed E-state index contributed by atoms with van der Waals surface area (Å²) < 4.78 is 2.66. The Hall–Kier alpha value is -3.49. The van der Waals surface area contributed by atoms with Gasteiger partial charge in [0, 0.05) is 24.2 Å². The molecule has 0 unspecified atom stereocenters. The predicted molar refractivity (Wildman–Crippen MR) is 98.5 cm³/mol. The van der Waals surface area contributed by atoms with Crippen molar-refractivity contribution in [2.45, 2.75) is 32.9 Å². The number of hydrogen-bond acceptors (Lipinski definition) is 5. The molecule has 0 aliphatic carbocycles. The minimum atomic E-state index is -0.441. The molecule has 1 amide bonds. The Balaban J connectivity index is 1.65. The van der Waals surface area contributed by atoms with Crippen molar-refractivity contribution in [2.24, 2.45) is 0 Å². The Kier molecular flexibility index (Phi) is 5.02. The summed E-state index contributed by atoms with van der Waals surface area (Å²) in [5.41, 5.74) is 1.44. The van der Waals surface area contributed by atoms with Gasteiger partial charge in [-0.15, -0.1) is 5.10 Å². The molecule has 0 bridgehead atoms. The normalized spacial score (nSPS) is 12.1. The first kappa shape index (κ1) is 18.3. The maximum absolute atomic E-state index is 12.2. The van der Waals surface area contributed by atoms with E-state index in [1.165, 1.54) is 15.1 Å². The van der Waals surface area contributed by atoms with Gasteiger partial charge in [-0.1, -0.05) is 18.2 Å². The third kappa shape index (κ3) is 3.86. The van der Waals surface area contributed by atoms with E-state index in [9.17, 15) is 19.7 Å². The second-order valence-corrected chi connectivity index (χ2v) is 6.28. The smallest absolute Gasteiger partial charge is 0.350 e. The van der Waals surface area contributed by atoms with Crippen LogP contribution in [0.25, 0.3) is 5.65 Å². The van der Waals surface area contributed by atoms with Crippen LogP contribution in [-0.2, 0) is 11.3 Å². The summed E-state index contributed by atoms with van der Waals surface area (Å²) in [7, 11) is 0. The van der Waals surface area contributed by atoms with Crippen LogP contribution in [0.4, 0.5) is 5.69 Å². The number of nitro benzene ring substituents is 1. The molecular formula is C18H19N5O4. The average Bonchev–Trinajstić information content (AvgIpc) is 2.96. The summed E-state index contributed by atoms with van der Waals surface area (Å²) in [6.07, 6.45) is 1.69. The number of hydrogen-bond donors (Lipinski definition) is 1. The Morgan fingerprint density at radius 2 is 2.11 bits per heavy atom. The maximum Gasteiger partial charge on any atom is 0.350 e. The fourth-order valence-electron chi connectivity index (χ4n) is 2.81. The van der Waals surface area contributed by atoms with Crippen molar-refractivity contribution < 1.29 is 9.72 Å². The predicted octanol–water partition coefficient (Wildman–Crippen LogP) is 1.98. The Labute approximate surface area is 154 Å². The Morgan fingerprint density at radius 1 is 1.33 bits per heavy atom. The number of amides is 1. The van der Waals surface area contributed by atoms with E-state index in [0.29, 0.717) is 16.8 Å². The minimum Gasteiger partial charge on any atom is -0.350 e. The zero-order valence-electron chi connectivity index (χ0n) is 15.0. The van der Waals surface area contributed by atoms with Gasteiger partial charge in [0.15, 0.2) is 5.65 Å². The molecule has 2 heterocycles. The molecule has 140 valence electrons. The van der Waals surface area contributed by atoms with Gasteiger partial charge in [-0.2, -0.15) is 0 Å². The molecule has 2 aromatic heterocycles. The molecule has 0 saturated carbocycles. The van der Waals surface area contributed by atoms with Gasteiger partial charge < -0.3 is 5.32 Å². The van der Waals surface area contributed by atoms with Crippen molar-refractivity contribution in [3.63, 3.8) is 0 Å². The van der Waals surface area contributed by atoms with Crippen LogP contribution in [0.15, 0.2) is 47.4 Å². The third-order valence-electron chi connectivity index (χ3n) is 4.35. The molecule has 1 aromatic carbocycles. The summed E-state index contributed by atoms with van der Waals surface area (Å²) in [5.74, 6) is -0.269. The van der Waals surface area contributed by atoms with Gasteiger partial charge in [0.25, 0.3) is 5.69 Å². The van der Waals surface area contributed by atoms with E-state index in [2.05, 4.69) is 10.4 Å². The van der Waals surface area contributed by atoms with Gasteiger partial charge in [0.1, 0.15) is 0 Å². The number of carbonyl (C=O) groups excluding carboxylic acids is 1. The molecule has 0 saturated heterocycles. The van der Waals surface area contributed by atoms with Gasteiger partial charge in [-0.05, 0) is 31.5 Å². The number of rotatable bonds is 6. The van der Waals surface area contributed by atoms with Crippen molar-refractivity contribution in [1.82, 2.24) is 19.5 Å². The lowest BCUT2D eigenvalue weighted by Crippen LogP contribution is -2.29. The van der Waals surface area contributed by atoms with Crippen molar-refractivity contribution >= 4 is 17.2 Å². The van der Waals surface area contributed by atoms with Crippen molar-refractivity contribution in [3.8, 4) is 0 Å². The topological polar surface area (TPSA) is 112 Å². The summed E-state index contributed by atoms with van der Waals surface area (Å²) in [6.45, 7) is 3.56. The molecule has 3 rings (SSSR count). The van der Waals surface area contributed by atoms with Crippen LogP contribution in [0.3, 0.4) is 0 Å². The number of nitro groups is 1. The van der Waals surface area contributed by atoms with Gasteiger partial charge in [-0.3, -0.25) is 19.3 Å². The van der Waals surface area contributed by atoms with Gasteiger partial charge in [-0.25, -0.2) is 9.48 Å². The molecule has 9 heteroatoms. The van der Waals surface area contributed by atoms with Crippen LogP contribution in [0, 0.1) is 17.0 Å². The van der Waals surface area contributed by atoms with E-state index in [1.807, 2.05) is 0 Å². The monoisotopic (exact) mass is 369 g/mol. The lowest BCUT2D eigenvalue weighted by molar-refractivity contribution is -0.385. The molecule has 1 atom stereocenters. The second kappa shape index (κ2) is 7.40. The Bertz CT molecular complexity index is 1070. The molecule has 27 heavy (non-hydrogen) atoms. The van der Waals surface area contributed by atoms with E-state index in [1.54, 1.807) is 50.4 Å². The molecule has 0 aliphatic heterocycles. The summed E-state index contributed by atoms with van der Waals surface area (Å²) in [4.78, 5) is 35.0. The highest BCUT2D eigenvalue weighted by molar-refractivity contribution is 5.76. The molecule has 9 nitrogen and oxygen atoms in total. The van der Waals surface area contributed by atoms with E-state index in [4.69, 9.17) is 0 Å². The van der Waals surface area contributed by atoms with Crippen molar-refractivity contribution in [1.29, 1.82) is 0 Å². The standard InChI is InChI=1S/C18H19N5O4/c1-12-6-7-14(11-15(12)23(26)27)13(2)19-17(24)8-10-22-18(25)21-9-4-3-5-16(21)20-22/h3-7,9,11,13H,8,10H2,1-2H3,(H,19,24)/t13-/m0/s1. The summed E-state index contributed by atoms with van der Waals surface area (Å²) in [6, 6.07) is 9.70. The quantitative estimate of drug-likeness (QED) is 0.527. The third-order valence-corrected chi connectivity index (χ3v) is 4.35. The first-order valence-electron chi connectivity index (χ1n) is 8.45. The first-order chi connectivity index (χ1) is 12.9. The summed E-state index contributed by atoms with van der Waals surface area (Å²) >= 11 is 0. The second-order valence-electron chi connectivity index (χ2n) is 6.28. The summed E-state index contributed by atoms with van der Waals surface area (Å²) in [5, 5.41) is 18.0. The fraction of sp³-hybridized carbons (Fsp3) is 0.278. The van der Waals surface area contributed by atoms with Crippen molar-refractivity contribution in [2.75, 3.05) is 0 Å². The number of nitrogens with zero attached hydrogens (tertiary/aromatic N) is 4. The van der Waals surface area contributed by atoms with Crippen LogP contribution >= 0.6 is 0 Å². The number of carbonyl (C=O) groups is 1. The number of aromatic nitrogens is 3. The molecule has 0 fully saturated rings. The van der Waals surface area contributed by atoms with Crippen molar-refractivity contribution in [3.05, 3.63) is 74.3 Å². The zero-order valence-corrected chi connectivity index (χ0v) is 15.0. The van der Waals surface area contributed by atoms with Crippen LogP contribution in [0.1, 0.15) is 30.5 Å². The number of pyridine rings is 1. The highest BCUT2D eigenvalue weighted by atomic mass is 16.6. The van der Waals surface area contributed by atoms with Gasteiger partial charge >= 0.3 is 5.69 Å². The lowest BCUT2D eigenvalue weighted by Gasteiger charge is -2.14. The SMILES string of the molecule is Cc1ccc([C@H](C)NC(=O)CCn2nc3ccccn3c2=O)cc1[N+](=O)[O-]. The van der Waals surface area contributed by atoms with Crippen LogP contribution < -0.4 is 11.0 Å². The van der Waals surface area contributed by atoms with Gasteiger partial charge in [0.2, 0.25) is 5.91 Å². The number of benzene rings is 1. The van der Waals surface area contributed by atoms with E-state index in [0.717, 1.165) is 0 Å². The zero-order chi connectivity index (χ0) is 19.6. The lowest BCUT2D eigenvalue weighted by atomic mass is 10.0.